The van der Waals surface area contributed by atoms with Crippen LogP contribution in [0, 0.1) is 0 Å². The van der Waals surface area contributed by atoms with Crippen molar-refractivity contribution in [3.05, 3.63) is 107 Å². The lowest BCUT2D eigenvalue weighted by Gasteiger charge is -2.11. The molecule has 0 atom stereocenters. The Morgan fingerprint density at radius 3 is 2.61 bits per heavy atom. The lowest BCUT2D eigenvalue weighted by molar-refractivity contribution is 0.0979. The third-order valence-electron chi connectivity index (χ3n) is 5.22. The normalized spacial score (nSPS) is 10.9. The molecule has 5 aromatic rings. The Kier molecular flexibility index (Phi) is 5.77. The Bertz CT molecular complexity index is 1490. The Labute approximate surface area is 200 Å². The number of nitrogens with zero attached hydrogens (tertiary/aromatic N) is 1. The summed E-state index contributed by atoms with van der Waals surface area (Å²) in [5.74, 6) is 0.364. The highest BCUT2D eigenvalue weighted by atomic mass is 35.5. The van der Waals surface area contributed by atoms with Gasteiger partial charge < -0.3 is 9.73 Å². The highest BCUT2D eigenvalue weighted by molar-refractivity contribution is 7.80. The Morgan fingerprint density at radius 2 is 1.76 bits per heavy atom. The van der Waals surface area contributed by atoms with Crippen LogP contribution in [0.5, 0.6) is 0 Å². The van der Waals surface area contributed by atoms with Gasteiger partial charge in [0, 0.05) is 22.7 Å². The molecule has 0 aliphatic rings. The van der Waals surface area contributed by atoms with Crippen LogP contribution < -0.4 is 10.6 Å². The van der Waals surface area contributed by atoms with E-state index < -0.39 is 0 Å². The molecule has 5 nitrogen and oxygen atoms in total. The number of fused-ring (bicyclic) bond motifs is 2. The zero-order valence-corrected chi connectivity index (χ0v) is 18.9. The number of hydrogen-bond donors (Lipinski definition) is 2. The zero-order chi connectivity index (χ0) is 22.8. The number of halogens is 1. The molecular formula is C26H18ClN3O2S. The second kappa shape index (κ2) is 9.02. The average molecular weight is 472 g/mol. The molecule has 0 aliphatic heterocycles. The fourth-order valence-electron chi connectivity index (χ4n) is 3.66. The number of oxazole rings is 1. The predicted molar refractivity (Wildman–Crippen MR) is 136 cm³/mol. The summed E-state index contributed by atoms with van der Waals surface area (Å²) in [6.45, 7) is 0. The SMILES string of the molecule is O=C(NC(=S)Nc1ccc(Cc2nc3cc(Cl)ccc3o2)cc1)c1cccc2ccccc12. The van der Waals surface area contributed by atoms with Crippen molar-refractivity contribution in [2.45, 2.75) is 6.42 Å². The Morgan fingerprint density at radius 1 is 0.970 bits per heavy atom. The number of aromatic nitrogens is 1. The van der Waals surface area contributed by atoms with Crippen LogP contribution in [0.15, 0.2) is 89.3 Å². The molecular weight excluding hydrogens is 454 g/mol. The van der Waals surface area contributed by atoms with Crippen molar-refractivity contribution in [3.8, 4) is 0 Å². The average Bonchev–Trinajstić information content (AvgIpc) is 3.21. The van der Waals surface area contributed by atoms with Gasteiger partial charge in [-0.15, -0.1) is 0 Å². The van der Waals surface area contributed by atoms with E-state index in [2.05, 4.69) is 15.6 Å². The second-order valence-electron chi connectivity index (χ2n) is 7.53. The molecule has 0 radical (unpaired) electrons. The first-order chi connectivity index (χ1) is 16.0. The minimum atomic E-state index is -0.253. The molecule has 0 fully saturated rings. The van der Waals surface area contributed by atoms with Crippen LogP contribution in [0.3, 0.4) is 0 Å². The van der Waals surface area contributed by atoms with E-state index in [0.29, 0.717) is 28.5 Å². The maximum Gasteiger partial charge on any atom is 0.258 e. The molecule has 0 saturated carbocycles. The van der Waals surface area contributed by atoms with Gasteiger partial charge >= 0.3 is 0 Å². The first-order valence-electron chi connectivity index (χ1n) is 10.3. The van der Waals surface area contributed by atoms with Gasteiger partial charge in [-0.3, -0.25) is 10.1 Å². The van der Waals surface area contributed by atoms with E-state index in [-0.39, 0.29) is 11.0 Å². The van der Waals surface area contributed by atoms with Crippen LogP contribution in [-0.4, -0.2) is 16.0 Å². The van der Waals surface area contributed by atoms with Crippen molar-refractivity contribution in [1.29, 1.82) is 0 Å². The van der Waals surface area contributed by atoms with Crippen LogP contribution in [0.25, 0.3) is 21.9 Å². The minimum Gasteiger partial charge on any atom is -0.440 e. The molecule has 0 aliphatic carbocycles. The van der Waals surface area contributed by atoms with Gasteiger partial charge in [0.2, 0.25) is 0 Å². The quantitative estimate of drug-likeness (QED) is 0.299. The Balaban J connectivity index is 1.23. The van der Waals surface area contributed by atoms with Gasteiger partial charge in [0.15, 0.2) is 16.6 Å². The lowest BCUT2D eigenvalue weighted by atomic mass is 10.0. The fraction of sp³-hybridized carbons (Fsp3) is 0.0385. The van der Waals surface area contributed by atoms with E-state index in [1.807, 2.05) is 66.7 Å². The molecule has 1 amide bonds. The predicted octanol–water partition coefficient (Wildman–Crippen LogP) is 6.35. The maximum atomic E-state index is 12.7. The van der Waals surface area contributed by atoms with Gasteiger partial charge in [-0.2, -0.15) is 0 Å². The summed E-state index contributed by atoms with van der Waals surface area (Å²) in [7, 11) is 0. The third kappa shape index (κ3) is 4.72. The standard InChI is InChI=1S/C26H18ClN3O2S/c27-18-10-13-23-22(15-18)29-24(32-23)14-16-8-11-19(12-9-16)28-26(33)30-25(31)21-7-3-5-17-4-1-2-6-20(17)21/h1-13,15H,14H2,(H2,28,30,31,33). The monoisotopic (exact) mass is 471 g/mol. The summed E-state index contributed by atoms with van der Waals surface area (Å²) in [6, 6.07) is 26.4. The van der Waals surface area contributed by atoms with Crippen LogP contribution in [0.2, 0.25) is 5.02 Å². The van der Waals surface area contributed by atoms with E-state index in [9.17, 15) is 4.79 Å². The molecule has 2 N–H and O–H groups in total. The van der Waals surface area contributed by atoms with Crippen LogP contribution in [0.4, 0.5) is 5.69 Å². The number of carbonyl (C=O) groups is 1. The molecule has 4 aromatic carbocycles. The van der Waals surface area contributed by atoms with Gasteiger partial charge in [-0.25, -0.2) is 4.98 Å². The summed E-state index contributed by atoms with van der Waals surface area (Å²) in [4.78, 5) is 17.2. The van der Waals surface area contributed by atoms with E-state index in [0.717, 1.165) is 27.5 Å². The summed E-state index contributed by atoms with van der Waals surface area (Å²) in [5.41, 5.74) is 3.82. The number of hydrogen-bond acceptors (Lipinski definition) is 4. The molecule has 1 heterocycles. The molecule has 0 bridgehead atoms. The second-order valence-corrected chi connectivity index (χ2v) is 8.37. The summed E-state index contributed by atoms with van der Waals surface area (Å²) in [6.07, 6.45) is 0.550. The molecule has 7 heteroatoms. The third-order valence-corrected chi connectivity index (χ3v) is 5.66. The van der Waals surface area contributed by atoms with Crippen molar-refractivity contribution in [3.63, 3.8) is 0 Å². The number of amides is 1. The van der Waals surface area contributed by atoms with Gasteiger partial charge in [0.05, 0.1) is 0 Å². The van der Waals surface area contributed by atoms with Crippen molar-refractivity contribution in [2.75, 3.05) is 5.32 Å². The first kappa shape index (κ1) is 21.1. The molecule has 33 heavy (non-hydrogen) atoms. The highest BCUT2D eigenvalue weighted by Crippen LogP contribution is 2.22. The van der Waals surface area contributed by atoms with Gasteiger partial charge in [0.25, 0.3) is 5.91 Å². The molecule has 5 rings (SSSR count). The number of nitrogens with one attached hydrogen (secondary N) is 2. The van der Waals surface area contributed by atoms with E-state index >= 15 is 0 Å². The van der Waals surface area contributed by atoms with E-state index in [4.69, 9.17) is 28.2 Å². The summed E-state index contributed by atoms with van der Waals surface area (Å²) in [5, 5.41) is 8.55. The number of anilines is 1. The Hall–Kier alpha value is -3.74. The van der Waals surface area contributed by atoms with E-state index in [1.54, 1.807) is 18.2 Å². The van der Waals surface area contributed by atoms with Crippen molar-refractivity contribution in [1.82, 2.24) is 10.3 Å². The zero-order valence-electron chi connectivity index (χ0n) is 17.3. The van der Waals surface area contributed by atoms with Crippen molar-refractivity contribution < 1.29 is 9.21 Å². The molecule has 1 aromatic heterocycles. The van der Waals surface area contributed by atoms with Gasteiger partial charge in [0.1, 0.15) is 5.52 Å². The summed E-state index contributed by atoms with van der Waals surface area (Å²) >= 11 is 11.4. The smallest absolute Gasteiger partial charge is 0.258 e. The highest BCUT2D eigenvalue weighted by Gasteiger charge is 2.12. The first-order valence-corrected chi connectivity index (χ1v) is 11.1. The van der Waals surface area contributed by atoms with Crippen LogP contribution in [-0.2, 0) is 6.42 Å². The molecule has 0 saturated heterocycles. The molecule has 0 unspecified atom stereocenters. The summed E-state index contributed by atoms with van der Waals surface area (Å²) < 4.78 is 5.78. The molecule has 0 spiro atoms. The largest absolute Gasteiger partial charge is 0.440 e. The minimum absolute atomic E-state index is 0.233. The number of carbonyl (C=O) groups excluding carboxylic acids is 1. The van der Waals surface area contributed by atoms with Gasteiger partial charge in [-0.05, 0) is 65.0 Å². The number of benzene rings is 4. The molecule has 162 valence electrons. The number of thiocarbonyl (C=S) groups is 1. The van der Waals surface area contributed by atoms with Crippen molar-refractivity contribution in [2.24, 2.45) is 0 Å². The van der Waals surface area contributed by atoms with Crippen LogP contribution in [0.1, 0.15) is 21.8 Å². The van der Waals surface area contributed by atoms with E-state index in [1.165, 1.54) is 0 Å². The fourth-order valence-corrected chi connectivity index (χ4v) is 4.04. The number of rotatable bonds is 4. The lowest BCUT2D eigenvalue weighted by Crippen LogP contribution is -2.34. The van der Waals surface area contributed by atoms with Gasteiger partial charge in [-0.1, -0.05) is 60.1 Å². The maximum absolute atomic E-state index is 12.7. The topological polar surface area (TPSA) is 67.2 Å². The van der Waals surface area contributed by atoms with Crippen LogP contribution >= 0.6 is 23.8 Å². The van der Waals surface area contributed by atoms with Crippen molar-refractivity contribution >= 4 is 62.4 Å².